The van der Waals surface area contributed by atoms with Gasteiger partial charge in [0.25, 0.3) is 0 Å². The zero-order chi connectivity index (χ0) is 10.9. The molecule has 0 amide bonds. The molecule has 0 unspecified atom stereocenters. The molecule has 1 N–H and O–H groups in total. The molecule has 0 fully saturated rings. The molecule has 1 aromatic rings. The molecular weight excluding hydrogens is 172 g/mol. The van der Waals surface area contributed by atoms with Crippen LogP contribution in [0, 0.1) is 13.8 Å². The third-order valence-electron chi connectivity index (χ3n) is 2.66. The first kappa shape index (κ1) is 11.3. The van der Waals surface area contributed by atoms with E-state index in [0.29, 0.717) is 0 Å². The van der Waals surface area contributed by atoms with Crippen LogP contribution >= 0.6 is 0 Å². The van der Waals surface area contributed by atoms with Crippen LogP contribution in [0.2, 0.25) is 0 Å². The zero-order valence-corrected chi connectivity index (χ0v) is 9.81. The van der Waals surface area contributed by atoms with Crippen molar-refractivity contribution >= 4 is 0 Å². The Morgan fingerprint density at radius 1 is 1.07 bits per heavy atom. The van der Waals surface area contributed by atoms with Gasteiger partial charge in [-0.2, -0.15) is 0 Å². The Morgan fingerprint density at radius 3 is 2.07 bits per heavy atom. The van der Waals surface area contributed by atoms with Crippen LogP contribution in [0.25, 0.3) is 0 Å². The van der Waals surface area contributed by atoms with Crippen LogP contribution in [0.4, 0.5) is 0 Å². The highest BCUT2D eigenvalue weighted by Crippen LogP contribution is 2.28. The van der Waals surface area contributed by atoms with Crippen molar-refractivity contribution in [1.29, 1.82) is 0 Å². The molecule has 0 bridgehead atoms. The summed E-state index contributed by atoms with van der Waals surface area (Å²) >= 11 is 0. The fraction of sp³-hybridized carbons (Fsp3) is 0.538. The SMILES string of the molecule is Cc1cc(C(C)(C)C)c(C)cc1CO. The van der Waals surface area contributed by atoms with Crippen LogP contribution in [0.1, 0.15) is 43.0 Å². The first-order valence-corrected chi connectivity index (χ1v) is 5.07. The minimum atomic E-state index is 0.136. The van der Waals surface area contributed by atoms with E-state index in [1.807, 2.05) is 0 Å². The van der Waals surface area contributed by atoms with Crippen molar-refractivity contribution in [2.24, 2.45) is 0 Å². The van der Waals surface area contributed by atoms with Gasteiger partial charge in [0.2, 0.25) is 0 Å². The van der Waals surface area contributed by atoms with Gasteiger partial charge in [0, 0.05) is 0 Å². The van der Waals surface area contributed by atoms with Gasteiger partial charge in [0.15, 0.2) is 0 Å². The summed E-state index contributed by atoms with van der Waals surface area (Å²) in [6.07, 6.45) is 0. The quantitative estimate of drug-likeness (QED) is 0.725. The molecule has 0 heterocycles. The van der Waals surface area contributed by atoms with E-state index in [2.05, 4.69) is 46.8 Å². The smallest absolute Gasteiger partial charge is 0.0684 e. The van der Waals surface area contributed by atoms with E-state index in [9.17, 15) is 0 Å². The maximum atomic E-state index is 9.14. The van der Waals surface area contributed by atoms with Crippen molar-refractivity contribution in [2.45, 2.75) is 46.6 Å². The van der Waals surface area contributed by atoms with E-state index in [-0.39, 0.29) is 12.0 Å². The van der Waals surface area contributed by atoms with Crippen LogP contribution in [-0.2, 0) is 12.0 Å². The van der Waals surface area contributed by atoms with Gasteiger partial charge in [-0.3, -0.25) is 0 Å². The largest absolute Gasteiger partial charge is 0.392 e. The number of aliphatic hydroxyl groups is 1. The van der Waals surface area contributed by atoms with E-state index in [1.165, 1.54) is 16.7 Å². The van der Waals surface area contributed by atoms with Crippen molar-refractivity contribution in [1.82, 2.24) is 0 Å². The molecule has 0 aliphatic rings. The summed E-state index contributed by atoms with van der Waals surface area (Å²) in [5, 5.41) is 9.14. The molecule has 0 atom stereocenters. The number of aryl methyl sites for hydroxylation is 2. The van der Waals surface area contributed by atoms with E-state index in [1.54, 1.807) is 0 Å². The Balaban J connectivity index is 3.29. The van der Waals surface area contributed by atoms with Gasteiger partial charge in [-0.1, -0.05) is 32.9 Å². The highest BCUT2D eigenvalue weighted by atomic mass is 16.3. The van der Waals surface area contributed by atoms with Gasteiger partial charge in [0.1, 0.15) is 0 Å². The number of rotatable bonds is 1. The van der Waals surface area contributed by atoms with E-state index < -0.39 is 0 Å². The number of hydrogen-bond acceptors (Lipinski definition) is 1. The van der Waals surface area contributed by atoms with Crippen LogP contribution in [0.5, 0.6) is 0 Å². The normalized spacial score (nSPS) is 11.9. The predicted octanol–water partition coefficient (Wildman–Crippen LogP) is 3.09. The molecule has 78 valence electrons. The zero-order valence-electron chi connectivity index (χ0n) is 9.81. The summed E-state index contributed by atoms with van der Waals surface area (Å²) in [5.41, 5.74) is 5.04. The highest BCUT2D eigenvalue weighted by Gasteiger charge is 2.17. The van der Waals surface area contributed by atoms with Gasteiger partial charge in [0.05, 0.1) is 6.61 Å². The fourth-order valence-corrected chi connectivity index (χ4v) is 1.85. The number of aliphatic hydroxyl groups excluding tert-OH is 1. The number of benzene rings is 1. The van der Waals surface area contributed by atoms with Crippen LogP contribution in [-0.4, -0.2) is 5.11 Å². The molecule has 0 aliphatic heterocycles. The fourth-order valence-electron chi connectivity index (χ4n) is 1.85. The van der Waals surface area contributed by atoms with E-state index in [0.717, 1.165) is 5.56 Å². The standard InChI is InChI=1S/C13H20O/c1-9-7-12(13(3,4)5)10(2)6-11(9)8-14/h6-7,14H,8H2,1-5H3. The first-order chi connectivity index (χ1) is 6.36. The molecule has 0 saturated carbocycles. The molecule has 0 saturated heterocycles. The Labute approximate surface area is 86.8 Å². The summed E-state index contributed by atoms with van der Waals surface area (Å²) in [5.74, 6) is 0. The lowest BCUT2D eigenvalue weighted by Crippen LogP contribution is -2.14. The molecule has 0 aliphatic carbocycles. The molecular formula is C13H20O. The average Bonchev–Trinajstić information content (AvgIpc) is 2.06. The molecule has 0 aromatic heterocycles. The summed E-state index contributed by atoms with van der Waals surface area (Å²) < 4.78 is 0. The number of hydrogen-bond donors (Lipinski definition) is 1. The van der Waals surface area contributed by atoms with Gasteiger partial charge in [-0.25, -0.2) is 0 Å². The maximum Gasteiger partial charge on any atom is 0.0684 e. The Bertz CT molecular complexity index is 332. The van der Waals surface area contributed by atoms with Crippen LogP contribution < -0.4 is 0 Å². The summed E-state index contributed by atoms with van der Waals surface area (Å²) in [6.45, 7) is 10.9. The lowest BCUT2D eigenvalue weighted by atomic mass is 9.82. The maximum absolute atomic E-state index is 9.14. The second-order valence-corrected chi connectivity index (χ2v) is 5.00. The lowest BCUT2D eigenvalue weighted by Gasteiger charge is -2.23. The van der Waals surface area contributed by atoms with Gasteiger partial charge >= 0.3 is 0 Å². The summed E-state index contributed by atoms with van der Waals surface area (Å²) in [6, 6.07) is 4.29. The third-order valence-corrected chi connectivity index (χ3v) is 2.66. The topological polar surface area (TPSA) is 20.2 Å². The van der Waals surface area contributed by atoms with Crippen molar-refractivity contribution in [3.8, 4) is 0 Å². The monoisotopic (exact) mass is 192 g/mol. The molecule has 1 rings (SSSR count). The minimum absolute atomic E-state index is 0.136. The van der Waals surface area contributed by atoms with Crippen molar-refractivity contribution in [2.75, 3.05) is 0 Å². The van der Waals surface area contributed by atoms with Crippen molar-refractivity contribution < 1.29 is 5.11 Å². The third kappa shape index (κ3) is 2.16. The Morgan fingerprint density at radius 2 is 1.64 bits per heavy atom. The van der Waals surface area contributed by atoms with E-state index in [4.69, 9.17) is 5.11 Å². The van der Waals surface area contributed by atoms with Crippen LogP contribution in [0.3, 0.4) is 0 Å². The summed E-state index contributed by atoms with van der Waals surface area (Å²) in [7, 11) is 0. The predicted molar refractivity (Wildman–Crippen MR) is 60.5 cm³/mol. The minimum Gasteiger partial charge on any atom is -0.392 e. The average molecular weight is 192 g/mol. The lowest BCUT2D eigenvalue weighted by molar-refractivity contribution is 0.281. The van der Waals surface area contributed by atoms with Crippen molar-refractivity contribution in [3.05, 3.63) is 34.4 Å². The van der Waals surface area contributed by atoms with Gasteiger partial charge in [-0.15, -0.1) is 0 Å². The molecule has 14 heavy (non-hydrogen) atoms. The molecule has 1 nitrogen and oxygen atoms in total. The molecule has 1 aromatic carbocycles. The molecule has 0 spiro atoms. The van der Waals surface area contributed by atoms with Gasteiger partial charge in [-0.05, 0) is 41.5 Å². The highest BCUT2D eigenvalue weighted by molar-refractivity contribution is 5.40. The first-order valence-electron chi connectivity index (χ1n) is 5.07. The summed E-state index contributed by atoms with van der Waals surface area (Å²) in [4.78, 5) is 0. The second kappa shape index (κ2) is 3.74. The molecule has 1 heteroatoms. The van der Waals surface area contributed by atoms with Gasteiger partial charge < -0.3 is 5.11 Å². The second-order valence-electron chi connectivity index (χ2n) is 5.00. The van der Waals surface area contributed by atoms with E-state index >= 15 is 0 Å². The van der Waals surface area contributed by atoms with Crippen molar-refractivity contribution in [3.63, 3.8) is 0 Å². The Kier molecular flexibility index (Phi) is 3.01. The van der Waals surface area contributed by atoms with Crippen LogP contribution in [0.15, 0.2) is 12.1 Å². The Hall–Kier alpha value is -0.820. The molecule has 0 radical (unpaired) electrons.